The van der Waals surface area contributed by atoms with Crippen molar-refractivity contribution in [3.05, 3.63) is 47.3 Å². The highest BCUT2D eigenvalue weighted by Gasteiger charge is 2.09. The minimum absolute atomic E-state index is 0.104. The van der Waals surface area contributed by atoms with E-state index in [0.29, 0.717) is 12.3 Å². The van der Waals surface area contributed by atoms with Crippen LogP contribution in [0.4, 0.5) is 5.69 Å². The topological polar surface area (TPSA) is 69.0 Å². The molecule has 1 N–H and O–H groups in total. The monoisotopic (exact) mass is 338 g/mol. The molecule has 0 saturated heterocycles. The van der Waals surface area contributed by atoms with Crippen molar-refractivity contribution in [2.24, 2.45) is 7.05 Å². The first-order valence-electron chi connectivity index (χ1n) is 8.23. The average molecular weight is 338 g/mol. The van der Waals surface area contributed by atoms with Crippen molar-refractivity contribution in [3.63, 3.8) is 0 Å². The van der Waals surface area contributed by atoms with Gasteiger partial charge in [-0.15, -0.1) is 0 Å². The molecule has 0 saturated carbocycles. The van der Waals surface area contributed by atoms with Gasteiger partial charge in [-0.1, -0.05) is 17.7 Å². The third-order valence-electron chi connectivity index (χ3n) is 4.06. The second-order valence-electron chi connectivity index (χ2n) is 6.22. The molecule has 3 aromatic rings. The summed E-state index contributed by atoms with van der Waals surface area (Å²) < 4.78 is 7.43. The van der Waals surface area contributed by atoms with Gasteiger partial charge in [-0.3, -0.25) is 9.48 Å². The van der Waals surface area contributed by atoms with Crippen molar-refractivity contribution in [1.29, 1.82) is 0 Å². The second-order valence-corrected chi connectivity index (χ2v) is 6.22. The van der Waals surface area contributed by atoms with Gasteiger partial charge in [0.2, 0.25) is 5.91 Å². The molecule has 0 spiro atoms. The van der Waals surface area contributed by atoms with Gasteiger partial charge in [-0.25, -0.2) is 4.98 Å². The highest BCUT2D eigenvalue weighted by atomic mass is 16.5. The van der Waals surface area contributed by atoms with Crippen LogP contribution in [0.15, 0.2) is 30.5 Å². The SMILES string of the molecule is Cc1ccc(OCCC(=O)Nc2cnc3c(c2)c(C)nn3C)c(C)c1. The first-order chi connectivity index (χ1) is 11.9. The fourth-order valence-electron chi connectivity index (χ4n) is 2.81. The summed E-state index contributed by atoms with van der Waals surface area (Å²) in [6.07, 6.45) is 1.92. The third-order valence-corrected chi connectivity index (χ3v) is 4.06. The molecule has 0 aliphatic carbocycles. The minimum atomic E-state index is -0.104. The summed E-state index contributed by atoms with van der Waals surface area (Å²) in [5, 5.41) is 8.13. The summed E-state index contributed by atoms with van der Waals surface area (Å²) in [4.78, 5) is 16.5. The number of hydrogen-bond acceptors (Lipinski definition) is 4. The van der Waals surface area contributed by atoms with E-state index < -0.39 is 0 Å². The Labute approximate surface area is 146 Å². The van der Waals surface area contributed by atoms with Gasteiger partial charge in [0.1, 0.15) is 5.75 Å². The van der Waals surface area contributed by atoms with Crippen LogP contribution in [0.2, 0.25) is 0 Å². The van der Waals surface area contributed by atoms with E-state index in [9.17, 15) is 4.79 Å². The van der Waals surface area contributed by atoms with Gasteiger partial charge in [-0.05, 0) is 38.5 Å². The molecule has 0 unspecified atom stereocenters. The molecule has 0 fully saturated rings. The number of nitrogens with zero attached hydrogens (tertiary/aromatic N) is 3. The summed E-state index contributed by atoms with van der Waals surface area (Å²) in [5.41, 5.74) is 4.62. The molecule has 1 aromatic carbocycles. The Morgan fingerprint density at radius 2 is 2.04 bits per heavy atom. The molecular formula is C19H22N4O2. The van der Waals surface area contributed by atoms with Gasteiger partial charge < -0.3 is 10.1 Å². The molecule has 3 rings (SSSR count). The number of carbonyl (C=O) groups excluding carboxylic acids is 1. The van der Waals surface area contributed by atoms with Gasteiger partial charge in [0, 0.05) is 12.4 Å². The van der Waals surface area contributed by atoms with E-state index in [0.717, 1.165) is 28.0 Å². The molecule has 0 bridgehead atoms. The Bertz CT molecular complexity index is 931. The predicted molar refractivity (Wildman–Crippen MR) is 97.9 cm³/mol. The normalized spacial score (nSPS) is 10.9. The molecule has 0 atom stereocenters. The van der Waals surface area contributed by atoms with E-state index in [-0.39, 0.29) is 12.3 Å². The molecule has 1 amide bonds. The Balaban J connectivity index is 1.58. The molecule has 0 radical (unpaired) electrons. The number of ether oxygens (including phenoxy) is 1. The highest BCUT2D eigenvalue weighted by Crippen LogP contribution is 2.20. The van der Waals surface area contributed by atoms with Crippen molar-refractivity contribution >= 4 is 22.6 Å². The van der Waals surface area contributed by atoms with E-state index in [4.69, 9.17) is 4.74 Å². The van der Waals surface area contributed by atoms with E-state index in [1.807, 2.05) is 46.0 Å². The van der Waals surface area contributed by atoms with Crippen LogP contribution in [-0.2, 0) is 11.8 Å². The molecule has 0 aliphatic heterocycles. The lowest BCUT2D eigenvalue weighted by Crippen LogP contribution is -2.15. The summed E-state index contributed by atoms with van der Waals surface area (Å²) in [6.45, 7) is 6.29. The Hall–Kier alpha value is -2.89. The Morgan fingerprint density at radius 3 is 2.80 bits per heavy atom. The highest BCUT2D eigenvalue weighted by molar-refractivity contribution is 5.93. The second kappa shape index (κ2) is 6.93. The number of nitrogens with one attached hydrogen (secondary N) is 1. The van der Waals surface area contributed by atoms with Crippen LogP contribution in [0.5, 0.6) is 5.75 Å². The number of carbonyl (C=O) groups is 1. The lowest BCUT2D eigenvalue weighted by molar-refractivity contribution is -0.116. The van der Waals surface area contributed by atoms with Crippen molar-refractivity contribution in [1.82, 2.24) is 14.8 Å². The van der Waals surface area contributed by atoms with Crippen LogP contribution in [0.1, 0.15) is 23.2 Å². The minimum Gasteiger partial charge on any atom is -0.493 e. The molecule has 2 aromatic heterocycles. The van der Waals surface area contributed by atoms with Crippen LogP contribution in [-0.4, -0.2) is 27.3 Å². The molecule has 2 heterocycles. The predicted octanol–water partition coefficient (Wildman–Crippen LogP) is 3.30. The largest absolute Gasteiger partial charge is 0.493 e. The number of rotatable bonds is 5. The maximum absolute atomic E-state index is 12.1. The van der Waals surface area contributed by atoms with E-state index in [2.05, 4.69) is 21.5 Å². The molecule has 25 heavy (non-hydrogen) atoms. The van der Waals surface area contributed by atoms with Crippen molar-refractivity contribution < 1.29 is 9.53 Å². The number of hydrogen-bond donors (Lipinski definition) is 1. The van der Waals surface area contributed by atoms with Crippen LogP contribution < -0.4 is 10.1 Å². The summed E-state index contributed by atoms with van der Waals surface area (Å²) in [6, 6.07) is 7.89. The smallest absolute Gasteiger partial charge is 0.227 e. The van der Waals surface area contributed by atoms with Gasteiger partial charge in [0.15, 0.2) is 5.65 Å². The number of benzene rings is 1. The zero-order chi connectivity index (χ0) is 18.0. The fourth-order valence-corrected chi connectivity index (χ4v) is 2.81. The lowest BCUT2D eigenvalue weighted by Gasteiger charge is -2.10. The number of amides is 1. The van der Waals surface area contributed by atoms with E-state index in [1.165, 1.54) is 5.56 Å². The molecular weight excluding hydrogens is 316 g/mol. The van der Waals surface area contributed by atoms with Crippen LogP contribution in [0.25, 0.3) is 11.0 Å². The van der Waals surface area contributed by atoms with Crippen LogP contribution in [0.3, 0.4) is 0 Å². The average Bonchev–Trinajstić information content (AvgIpc) is 2.84. The summed E-state index contributed by atoms with van der Waals surface area (Å²) in [7, 11) is 1.85. The number of aromatic nitrogens is 3. The zero-order valence-corrected chi connectivity index (χ0v) is 15.0. The van der Waals surface area contributed by atoms with Gasteiger partial charge in [0.25, 0.3) is 0 Å². The van der Waals surface area contributed by atoms with Gasteiger partial charge >= 0.3 is 0 Å². The van der Waals surface area contributed by atoms with Crippen LogP contribution in [0, 0.1) is 20.8 Å². The van der Waals surface area contributed by atoms with Crippen molar-refractivity contribution in [3.8, 4) is 5.75 Å². The molecule has 6 nitrogen and oxygen atoms in total. The first-order valence-corrected chi connectivity index (χ1v) is 8.23. The summed E-state index contributed by atoms with van der Waals surface area (Å²) in [5.74, 6) is 0.708. The first kappa shape index (κ1) is 17.0. The van der Waals surface area contributed by atoms with Gasteiger partial charge in [-0.2, -0.15) is 5.10 Å². The maximum Gasteiger partial charge on any atom is 0.227 e. The third kappa shape index (κ3) is 3.79. The number of aryl methyl sites for hydroxylation is 4. The number of fused-ring (bicyclic) bond motifs is 1. The standard InChI is InChI=1S/C19H22N4O2/c1-12-5-6-17(13(2)9-12)25-8-7-18(24)21-15-10-16-14(3)22-23(4)19(16)20-11-15/h5-6,9-11H,7-8H2,1-4H3,(H,21,24). The Morgan fingerprint density at radius 1 is 1.24 bits per heavy atom. The molecule has 0 aliphatic rings. The quantitative estimate of drug-likeness (QED) is 0.775. The van der Waals surface area contributed by atoms with Crippen LogP contribution >= 0.6 is 0 Å². The van der Waals surface area contributed by atoms with E-state index in [1.54, 1.807) is 10.9 Å². The van der Waals surface area contributed by atoms with Gasteiger partial charge in [0.05, 0.1) is 30.6 Å². The zero-order valence-electron chi connectivity index (χ0n) is 15.0. The summed E-state index contributed by atoms with van der Waals surface area (Å²) >= 11 is 0. The van der Waals surface area contributed by atoms with E-state index >= 15 is 0 Å². The lowest BCUT2D eigenvalue weighted by atomic mass is 10.1. The van der Waals surface area contributed by atoms with Crippen molar-refractivity contribution in [2.75, 3.05) is 11.9 Å². The number of pyridine rings is 1. The molecule has 130 valence electrons. The molecule has 6 heteroatoms. The Kier molecular flexibility index (Phi) is 4.70. The van der Waals surface area contributed by atoms with Crippen molar-refractivity contribution in [2.45, 2.75) is 27.2 Å². The maximum atomic E-state index is 12.1. The number of anilines is 1. The fraction of sp³-hybridized carbons (Fsp3) is 0.316.